The third kappa shape index (κ3) is 3.51. The highest BCUT2D eigenvalue weighted by molar-refractivity contribution is 7.11. The van der Waals surface area contributed by atoms with Gasteiger partial charge in [0.2, 0.25) is 5.82 Å². The van der Waals surface area contributed by atoms with Crippen molar-refractivity contribution >= 4 is 28.7 Å². The van der Waals surface area contributed by atoms with Gasteiger partial charge in [0.05, 0.1) is 16.5 Å². The van der Waals surface area contributed by atoms with Crippen LogP contribution in [0.15, 0.2) is 18.3 Å². The Balaban J connectivity index is 2.41. The summed E-state index contributed by atoms with van der Waals surface area (Å²) in [4.78, 5) is 24.4. The van der Waals surface area contributed by atoms with Gasteiger partial charge in [0.1, 0.15) is 5.82 Å². The number of anilines is 2. The largest absolute Gasteiger partial charge is 0.363 e. The van der Waals surface area contributed by atoms with E-state index in [1.807, 2.05) is 43.9 Å². The maximum Gasteiger partial charge on any atom is 0.311 e. The fraction of sp³-hybridized carbons (Fsp3) is 0.429. The summed E-state index contributed by atoms with van der Waals surface area (Å²) >= 11 is 1.59. The predicted octanol–water partition coefficient (Wildman–Crippen LogP) is 2.85. The second kappa shape index (κ2) is 6.69. The van der Waals surface area contributed by atoms with Gasteiger partial charge >= 0.3 is 5.69 Å². The van der Waals surface area contributed by atoms with Gasteiger partial charge in [-0.15, -0.1) is 11.3 Å². The van der Waals surface area contributed by atoms with Crippen molar-refractivity contribution in [1.82, 2.24) is 9.97 Å². The number of nitro groups is 1. The average Bonchev–Trinajstić information content (AvgIpc) is 2.89. The highest BCUT2D eigenvalue weighted by atomic mass is 32.1. The molecule has 0 amide bonds. The van der Waals surface area contributed by atoms with Gasteiger partial charge in [0.15, 0.2) is 0 Å². The number of aromatic nitrogens is 2. The van der Waals surface area contributed by atoms with Crippen LogP contribution in [-0.4, -0.2) is 35.5 Å². The lowest BCUT2D eigenvalue weighted by atomic mass is 10.3. The number of hydrogen-bond acceptors (Lipinski definition) is 7. The monoisotopic (exact) mass is 321 g/mol. The van der Waals surface area contributed by atoms with E-state index in [1.165, 1.54) is 6.07 Å². The van der Waals surface area contributed by atoms with Crippen molar-refractivity contribution in [2.75, 3.05) is 30.4 Å². The Labute approximate surface area is 133 Å². The molecule has 0 N–H and O–H groups in total. The summed E-state index contributed by atoms with van der Waals surface area (Å²) in [5.74, 6) is 1.09. The predicted molar refractivity (Wildman–Crippen MR) is 88.8 cm³/mol. The van der Waals surface area contributed by atoms with Crippen LogP contribution in [0, 0.1) is 17.0 Å². The zero-order valence-corrected chi connectivity index (χ0v) is 13.9. The van der Waals surface area contributed by atoms with Gasteiger partial charge < -0.3 is 9.80 Å². The third-order valence-electron chi connectivity index (χ3n) is 3.19. The molecule has 2 aromatic rings. The first kappa shape index (κ1) is 16.2. The molecule has 0 fully saturated rings. The molecule has 8 heteroatoms. The summed E-state index contributed by atoms with van der Waals surface area (Å²) < 4.78 is 0. The molecule has 0 aliphatic carbocycles. The molecule has 0 atom stereocenters. The molecule has 118 valence electrons. The molecule has 7 nitrogen and oxygen atoms in total. The minimum absolute atomic E-state index is 0.0219. The second-order valence-corrected chi connectivity index (χ2v) is 6.34. The fourth-order valence-corrected chi connectivity index (χ4v) is 2.87. The molecule has 0 aliphatic heterocycles. The molecule has 0 bridgehead atoms. The van der Waals surface area contributed by atoms with Crippen molar-refractivity contribution in [2.45, 2.75) is 20.4 Å². The number of pyridine rings is 1. The molecule has 0 spiro atoms. The van der Waals surface area contributed by atoms with E-state index in [4.69, 9.17) is 0 Å². The lowest BCUT2D eigenvalue weighted by Gasteiger charge is -2.22. The number of nitrogens with zero attached hydrogens (tertiary/aromatic N) is 5. The Morgan fingerprint density at radius 2 is 2.09 bits per heavy atom. The van der Waals surface area contributed by atoms with Crippen LogP contribution in [0.2, 0.25) is 0 Å². The van der Waals surface area contributed by atoms with Crippen molar-refractivity contribution in [1.29, 1.82) is 0 Å². The summed E-state index contributed by atoms with van der Waals surface area (Å²) in [5, 5.41) is 12.3. The SMILES string of the molecule is CCN(Cc1cnc(C)s1)c1nc(N(C)C)ccc1[N+](=O)[O-]. The number of aryl methyl sites for hydroxylation is 1. The molecule has 2 aromatic heterocycles. The van der Waals surface area contributed by atoms with Gasteiger partial charge in [0, 0.05) is 37.8 Å². The van der Waals surface area contributed by atoms with Crippen LogP contribution in [0.5, 0.6) is 0 Å². The van der Waals surface area contributed by atoms with Gasteiger partial charge in [-0.3, -0.25) is 10.1 Å². The second-order valence-electron chi connectivity index (χ2n) is 5.02. The molecule has 0 radical (unpaired) electrons. The van der Waals surface area contributed by atoms with Crippen LogP contribution in [0.25, 0.3) is 0 Å². The molecular formula is C14H19N5O2S. The van der Waals surface area contributed by atoms with E-state index in [0.29, 0.717) is 24.7 Å². The van der Waals surface area contributed by atoms with Gasteiger partial charge in [-0.05, 0) is 19.9 Å². The summed E-state index contributed by atoms with van der Waals surface area (Å²) in [6, 6.07) is 3.17. The lowest BCUT2D eigenvalue weighted by molar-refractivity contribution is -0.384. The summed E-state index contributed by atoms with van der Waals surface area (Å²) in [7, 11) is 3.72. The van der Waals surface area contributed by atoms with E-state index in [-0.39, 0.29) is 10.6 Å². The quantitative estimate of drug-likeness (QED) is 0.601. The van der Waals surface area contributed by atoms with E-state index >= 15 is 0 Å². The topological polar surface area (TPSA) is 75.4 Å². The van der Waals surface area contributed by atoms with Crippen molar-refractivity contribution < 1.29 is 4.92 Å². The zero-order chi connectivity index (χ0) is 16.3. The van der Waals surface area contributed by atoms with Gasteiger partial charge in [-0.2, -0.15) is 0 Å². The minimum atomic E-state index is -0.387. The van der Waals surface area contributed by atoms with Crippen LogP contribution in [0.3, 0.4) is 0 Å². The Hall–Kier alpha value is -2.22. The van der Waals surface area contributed by atoms with E-state index < -0.39 is 0 Å². The molecule has 0 aliphatic rings. The van der Waals surface area contributed by atoms with Crippen LogP contribution in [0.1, 0.15) is 16.8 Å². The van der Waals surface area contributed by atoms with E-state index in [9.17, 15) is 10.1 Å². The molecule has 22 heavy (non-hydrogen) atoms. The van der Waals surface area contributed by atoms with Gasteiger partial charge in [0.25, 0.3) is 0 Å². The number of rotatable bonds is 6. The van der Waals surface area contributed by atoms with Crippen LogP contribution in [-0.2, 0) is 6.54 Å². The molecule has 0 unspecified atom stereocenters. The van der Waals surface area contributed by atoms with Crippen LogP contribution < -0.4 is 9.80 Å². The fourth-order valence-electron chi connectivity index (χ4n) is 2.06. The first-order chi connectivity index (χ1) is 10.4. The Morgan fingerprint density at radius 3 is 2.59 bits per heavy atom. The molecule has 2 heterocycles. The van der Waals surface area contributed by atoms with Crippen molar-refractivity contribution in [3.8, 4) is 0 Å². The summed E-state index contributed by atoms with van der Waals surface area (Å²) in [6.07, 6.45) is 1.81. The highest BCUT2D eigenvalue weighted by Gasteiger charge is 2.22. The normalized spacial score (nSPS) is 10.5. The van der Waals surface area contributed by atoms with Crippen LogP contribution >= 0.6 is 11.3 Å². The molecule has 2 rings (SSSR count). The first-order valence-corrected chi connectivity index (χ1v) is 7.73. The van der Waals surface area contributed by atoms with E-state index in [2.05, 4.69) is 9.97 Å². The Morgan fingerprint density at radius 1 is 1.36 bits per heavy atom. The Kier molecular flexibility index (Phi) is 4.92. The summed E-state index contributed by atoms with van der Waals surface area (Å²) in [5.41, 5.74) is 0.0219. The van der Waals surface area contributed by atoms with Crippen molar-refractivity contribution in [3.63, 3.8) is 0 Å². The Bertz CT molecular complexity index is 671. The van der Waals surface area contributed by atoms with Gasteiger partial charge in [-0.1, -0.05) is 0 Å². The smallest absolute Gasteiger partial charge is 0.311 e. The lowest BCUT2D eigenvalue weighted by Crippen LogP contribution is -2.24. The number of hydrogen-bond donors (Lipinski definition) is 0. The molecule has 0 saturated heterocycles. The van der Waals surface area contributed by atoms with E-state index in [0.717, 1.165) is 9.88 Å². The number of thiazole rings is 1. The standard InChI is InChI=1S/C14H19N5O2S/c1-5-18(9-11-8-15-10(2)22-11)14-12(19(20)21)6-7-13(16-14)17(3)4/h6-8H,5,9H2,1-4H3. The summed E-state index contributed by atoms with van der Waals surface area (Å²) in [6.45, 7) is 5.09. The first-order valence-electron chi connectivity index (χ1n) is 6.91. The maximum absolute atomic E-state index is 11.3. The van der Waals surface area contributed by atoms with Crippen molar-refractivity contribution in [2.24, 2.45) is 0 Å². The minimum Gasteiger partial charge on any atom is -0.363 e. The third-order valence-corrected chi connectivity index (χ3v) is 4.09. The average molecular weight is 321 g/mol. The van der Waals surface area contributed by atoms with Gasteiger partial charge in [-0.25, -0.2) is 9.97 Å². The van der Waals surface area contributed by atoms with Crippen LogP contribution in [0.4, 0.5) is 17.3 Å². The maximum atomic E-state index is 11.3. The molecule has 0 aromatic carbocycles. The van der Waals surface area contributed by atoms with E-state index in [1.54, 1.807) is 17.4 Å². The highest BCUT2D eigenvalue weighted by Crippen LogP contribution is 2.30. The van der Waals surface area contributed by atoms with Crippen molar-refractivity contribution in [3.05, 3.63) is 38.3 Å². The molecule has 0 saturated carbocycles. The zero-order valence-electron chi connectivity index (χ0n) is 13.1. The molecular weight excluding hydrogens is 302 g/mol.